The summed E-state index contributed by atoms with van der Waals surface area (Å²) in [7, 11) is 1.42. The lowest BCUT2D eigenvalue weighted by Crippen LogP contribution is -2.44. The minimum absolute atomic E-state index is 0.101. The first-order valence-corrected chi connectivity index (χ1v) is 9.65. The van der Waals surface area contributed by atoms with Crippen LogP contribution in [-0.4, -0.2) is 28.1 Å². The van der Waals surface area contributed by atoms with E-state index in [1.165, 1.54) is 29.8 Å². The molecule has 0 spiro atoms. The van der Waals surface area contributed by atoms with E-state index in [1.54, 1.807) is 0 Å². The van der Waals surface area contributed by atoms with Gasteiger partial charge in [0.05, 0.1) is 5.56 Å². The van der Waals surface area contributed by atoms with Crippen molar-refractivity contribution in [2.45, 2.75) is 32.5 Å². The number of hydrogen-bond acceptors (Lipinski definition) is 4. The summed E-state index contributed by atoms with van der Waals surface area (Å²) in [4.78, 5) is 38.8. The third-order valence-electron chi connectivity index (χ3n) is 5.34. The van der Waals surface area contributed by atoms with Crippen LogP contribution in [0.25, 0.3) is 0 Å². The molecule has 1 N–H and O–H groups in total. The van der Waals surface area contributed by atoms with E-state index in [0.29, 0.717) is 38.3 Å². The maximum atomic E-state index is 12.8. The van der Waals surface area contributed by atoms with Crippen molar-refractivity contribution >= 4 is 17.4 Å². The molecular formula is C20H23F3N4O3. The molecule has 3 rings (SSSR count). The summed E-state index contributed by atoms with van der Waals surface area (Å²) < 4.78 is 41.1. The van der Waals surface area contributed by atoms with Crippen LogP contribution in [0, 0.1) is 5.92 Å². The number of piperidine rings is 1. The Bertz CT molecular complexity index is 1050. The van der Waals surface area contributed by atoms with Gasteiger partial charge in [0.1, 0.15) is 5.82 Å². The van der Waals surface area contributed by atoms with Gasteiger partial charge in [-0.05, 0) is 38.0 Å². The van der Waals surface area contributed by atoms with Crippen molar-refractivity contribution in [3.8, 4) is 0 Å². The average Bonchev–Trinajstić information content (AvgIpc) is 2.71. The molecule has 0 saturated carbocycles. The van der Waals surface area contributed by atoms with Gasteiger partial charge in [-0.1, -0.05) is 6.07 Å². The molecule has 0 bridgehead atoms. The Kier molecular flexibility index (Phi) is 6.04. The molecule has 1 aliphatic heterocycles. The topological polar surface area (TPSA) is 76.3 Å². The highest BCUT2D eigenvalue weighted by Crippen LogP contribution is 2.31. The van der Waals surface area contributed by atoms with Gasteiger partial charge < -0.3 is 10.2 Å². The first kappa shape index (κ1) is 21.7. The van der Waals surface area contributed by atoms with Crippen LogP contribution in [0.1, 0.15) is 25.3 Å². The van der Waals surface area contributed by atoms with Crippen molar-refractivity contribution in [2.75, 3.05) is 23.3 Å². The second kappa shape index (κ2) is 8.37. The summed E-state index contributed by atoms with van der Waals surface area (Å²) in [6, 6.07) is 5.94. The predicted octanol–water partition coefficient (Wildman–Crippen LogP) is 2.44. The van der Waals surface area contributed by atoms with E-state index in [0.717, 1.165) is 16.7 Å². The second-order valence-corrected chi connectivity index (χ2v) is 7.26. The van der Waals surface area contributed by atoms with Crippen LogP contribution >= 0.6 is 0 Å². The number of carbonyl (C=O) groups is 1. The second-order valence-electron chi connectivity index (χ2n) is 7.26. The van der Waals surface area contributed by atoms with E-state index in [2.05, 4.69) is 5.32 Å². The Balaban J connectivity index is 1.69. The molecule has 1 amide bonds. The van der Waals surface area contributed by atoms with Gasteiger partial charge in [-0.15, -0.1) is 0 Å². The van der Waals surface area contributed by atoms with Crippen molar-refractivity contribution in [2.24, 2.45) is 13.0 Å². The summed E-state index contributed by atoms with van der Waals surface area (Å²) in [6.45, 7) is 3.11. The minimum atomic E-state index is -4.48. The van der Waals surface area contributed by atoms with Crippen LogP contribution in [0.5, 0.6) is 0 Å². The van der Waals surface area contributed by atoms with Crippen LogP contribution in [-0.2, 0) is 24.6 Å². The number of alkyl halides is 3. The summed E-state index contributed by atoms with van der Waals surface area (Å²) in [5.41, 5.74) is -1.52. The molecule has 0 atom stereocenters. The monoisotopic (exact) mass is 424 g/mol. The van der Waals surface area contributed by atoms with Gasteiger partial charge in [-0.3, -0.25) is 18.7 Å². The van der Waals surface area contributed by atoms with Gasteiger partial charge in [0.2, 0.25) is 5.91 Å². The highest BCUT2D eigenvalue weighted by molar-refractivity contribution is 5.92. The first-order chi connectivity index (χ1) is 14.1. The fourth-order valence-corrected chi connectivity index (χ4v) is 3.61. The van der Waals surface area contributed by atoms with Gasteiger partial charge in [0.15, 0.2) is 0 Å². The van der Waals surface area contributed by atoms with Crippen LogP contribution in [0.15, 0.2) is 39.9 Å². The molecule has 162 valence electrons. The Morgan fingerprint density at radius 1 is 1.17 bits per heavy atom. The van der Waals surface area contributed by atoms with Crippen LogP contribution < -0.4 is 21.5 Å². The lowest BCUT2D eigenvalue weighted by atomic mass is 9.95. The molecular weight excluding hydrogens is 401 g/mol. The number of hydrogen-bond donors (Lipinski definition) is 1. The minimum Gasteiger partial charge on any atom is -0.358 e. The van der Waals surface area contributed by atoms with E-state index in [-0.39, 0.29) is 17.5 Å². The number of carbonyl (C=O) groups excluding carboxylic acids is 1. The number of nitrogens with zero attached hydrogens (tertiary/aromatic N) is 3. The van der Waals surface area contributed by atoms with Crippen LogP contribution in [0.2, 0.25) is 0 Å². The van der Waals surface area contributed by atoms with E-state index < -0.39 is 23.0 Å². The van der Waals surface area contributed by atoms with Gasteiger partial charge in [0, 0.05) is 44.4 Å². The normalized spacial score (nSPS) is 15.3. The van der Waals surface area contributed by atoms with Crippen LogP contribution in [0.4, 0.5) is 24.7 Å². The number of anilines is 2. The molecule has 0 aliphatic carbocycles. The maximum absolute atomic E-state index is 12.8. The number of rotatable bonds is 4. The molecule has 1 saturated heterocycles. The van der Waals surface area contributed by atoms with Crippen molar-refractivity contribution in [3.05, 3.63) is 56.7 Å². The van der Waals surface area contributed by atoms with Gasteiger partial charge in [0.25, 0.3) is 5.56 Å². The largest absolute Gasteiger partial charge is 0.416 e. The lowest BCUT2D eigenvalue weighted by molar-refractivity contribution is -0.137. The molecule has 10 heteroatoms. The molecule has 7 nitrogen and oxygen atoms in total. The molecule has 2 aromatic rings. The number of amides is 1. The maximum Gasteiger partial charge on any atom is 0.416 e. The summed E-state index contributed by atoms with van der Waals surface area (Å²) in [6.07, 6.45) is -3.57. The predicted molar refractivity (Wildman–Crippen MR) is 107 cm³/mol. The molecule has 1 aromatic carbocycles. The third-order valence-corrected chi connectivity index (χ3v) is 5.34. The Hall–Kier alpha value is -3.04. The van der Waals surface area contributed by atoms with E-state index in [9.17, 15) is 27.6 Å². The molecule has 0 unspecified atom stereocenters. The average molecular weight is 424 g/mol. The first-order valence-electron chi connectivity index (χ1n) is 9.65. The number of aromatic nitrogens is 2. The zero-order valence-electron chi connectivity index (χ0n) is 16.7. The number of nitrogens with one attached hydrogen (secondary N) is 1. The van der Waals surface area contributed by atoms with Crippen molar-refractivity contribution < 1.29 is 18.0 Å². The summed E-state index contributed by atoms with van der Waals surface area (Å²) >= 11 is 0. The fourth-order valence-electron chi connectivity index (χ4n) is 3.61. The zero-order chi connectivity index (χ0) is 22.1. The fraction of sp³-hybridized carbons (Fsp3) is 0.450. The molecule has 2 heterocycles. The van der Waals surface area contributed by atoms with Crippen molar-refractivity contribution in [1.82, 2.24) is 9.13 Å². The van der Waals surface area contributed by atoms with E-state index in [1.807, 2.05) is 11.8 Å². The summed E-state index contributed by atoms with van der Waals surface area (Å²) in [5, 5.41) is 2.56. The van der Waals surface area contributed by atoms with E-state index in [4.69, 9.17) is 0 Å². The highest BCUT2D eigenvalue weighted by atomic mass is 19.4. The Morgan fingerprint density at radius 2 is 1.83 bits per heavy atom. The lowest BCUT2D eigenvalue weighted by Gasteiger charge is -2.34. The zero-order valence-corrected chi connectivity index (χ0v) is 16.7. The molecule has 1 aliphatic rings. The molecule has 1 aromatic heterocycles. The van der Waals surface area contributed by atoms with Gasteiger partial charge in [-0.2, -0.15) is 13.2 Å². The van der Waals surface area contributed by atoms with Crippen molar-refractivity contribution in [3.63, 3.8) is 0 Å². The SMILES string of the molecule is CCn1c(N2CCC(C(=O)Nc3cccc(C(F)(F)F)c3)CC2)cc(=O)n(C)c1=O. The molecule has 1 fully saturated rings. The number of halogens is 3. The highest BCUT2D eigenvalue weighted by Gasteiger charge is 2.31. The van der Waals surface area contributed by atoms with Crippen molar-refractivity contribution in [1.29, 1.82) is 0 Å². The van der Waals surface area contributed by atoms with E-state index >= 15 is 0 Å². The van der Waals surface area contributed by atoms with Gasteiger partial charge >= 0.3 is 11.9 Å². The Morgan fingerprint density at radius 3 is 2.43 bits per heavy atom. The third kappa shape index (κ3) is 4.42. The number of benzene rings is 1. The Labute approximate surface area is 170 Å². The molecule has 30 heavy (non-hydrogen) atoms. The van der Waals surface area contributed by atoms with Crippen LogP contribution in [0.3, 0.4) is 0 Å². The van der Waals surface area contributed by atoms with Gasteiger partial charge in [-0.25, -0.2) is 4.79 Å². The summed E-state index contributed by atoms with van der Waals surface area (Å²) in [5.74, 6) is -0.197. The molecule has 0 radical (unpaired) electrons. The quantitative estimate of drug-likeness (QED) is 0.818. The standard InChI is InChI=1S/C20H23F3N4O3/c1-3-27-16(12-17(28)25(2)19(27)30)26-9-7-13(8-10-26)18(29)24-15-6-4-5-14(11-15)20(21,22)23/h4-6,11-13H,3,7-10H2,1-2H3,(H,24,29). The smallest absolute Gasteiger partial charge is 0.358 e.